The maximum absolute atomic E-state index is 12.3. The summed E-state index contributed by atoms with van der Waals surface area (Å²) in [6.45, 7) is 4.04. The van der Waals surface area contributed by atoms with Gasteiger partial charge in [-0.05, 0) is 50.3 Å². The minimum absolute atomic E-state index is 0.00527. The molecular weight excluding hydrogens is 322 g/mol. The largest absolute Gasteiger partial charge is 0.337 e. The van der Waals surface area contributed by atoms with Crippen LogP contribution in [-0.2, 0) is 19.4 Å². The summed E-state index contributed by atoms with van der Waals surface area (Å²) in [4.78, 5) is 28.4. The Bertz CT molecular complexity index is 833. The molecule has 0 unspecified atom stereocenters. The van der Waals surface area contributed by atoms with Crippen molar-refractivity contribution in [3.63, 3.8) is 0 Å². The summed E-state index contributed by atoms with van der Waals surface area (Å²) in [7, 11) is 0. The Morgan fingerprint density at radius 1 is 1.29 bits per heavy atom. The Kier molecular flexibility index (Phi) is 4.00. The van der Waals surface area contributed by atoms with Crippen molar-refractivity contribution in [1.82, 2.24) is 14.7 Å². The first kappa shape index (κ1) is 15.6. The maximum Gasteiger partial charge on any atom is 0.267 e. The molecule has 6 heteroatoms. The average Bonchev–Trinajstić information content (AvgIpc) is 2.96. The van der Waals surface area contributed by atoms with Gasteiger partial charge in [-0.15, -0.1) is 11.3 Å². The Morgan fingerprint density at radius 2 is 2.08 bits per heavy atom. The van der Waals surface area contributed by atoms with E-state index in [-0.39, 0.29) is 11.5 Å². The number of carbonyl (C=O) groups is 1. The van der Waals surface area contributed by atoms with Crippen LogP contribution >= 0.6 is 11.3 Å². The average molecular weight is 343 g/mol. The molecule has 2 aliphatic rings. The van der Waals surface area contributed by atoms with Gasteiger partial charge in [0.05, 0.1) is 17.1 Å². The molecule has 0 atom stereocenters. The van der Waals surface area contributed by atoms with Crippen LogP contribution in [0, 0.1) is 12.8 Å². The van der Waals surface area contributed by atoms with Gasteiger partial charge < -0.3 is 4.90 Å². The number of rotatable bonds is 3. The normalized spacial score (nSPS) is 17.5. The van der Waals surface area contributed by atoms with E-state index >= 15 is 0 Å². The molecule has 0 spiro atoms. The number of likely N-dealkylation sites (tertiary alicyclic amines) is 1. The van der Waals surface area contributed by atoms with Crippen molar-refractivity contribution in [3.8, 4) is 0 Å². The topological polar surface area (TPSA) is 55.2 Å². The van der Waals surface area contributed by atoms with Crippen LogP contribution in [0.25, 0.3) is 0 Å². The summed E-state index contributed by atoms with van der Waals surface area (Å²) >= 11 is 1.54. The van der Waals surface area contributed by atoms with Gasteiger partial charge >= 0.3 is 0 Å². The summed E-state index contributed by atoms with van der Waals surface area (Å²) in [5.74, 6) is 0.428. The van der Waals surface area contributed by atoms with Crippen LogP contribution in [0.4, 0.5) is 0 Å². The Morgan fingerprint density at radius 3 is 2.83 bits per heavy atom. The molecule has 1 aliphatic carbocycles. The SMILES string of the molecule is Cc1ccc(C(=O)N2CC(Cn3nc4c(cc3=O)CCCC4)C2)s1. The molecular formula is C18H21N3O2S. The molecule has 0 aromatic carbocycles. The Labute approximate surface area is 144 Å². The standard InChI is InChI=1S/C18H21N3O2S/c1-12-6-7-16(24-12)18(23)20-9-13(10-20)11-21-17(22)8-14-4-2-3-5-15(14)19-21/h6-8,13H,2-5,9-11H2,1H3. The molecule has 126 valence electrons. The zero-order chi connectivity index (χ0) is 16.7. The molecule has 5 nitrogen and oxygen atoms in total. The summed E-state index contributed by atoms with van der Waals surface area (Å²) in [5.41, 5.74) is 2.21. The molecule has 1 amide bonds. The third-order valence-electron chi connectivity index (χ3n) is 4.90. The number of carbonyl (C=O) groups excluding carboxylic acids is 1. The minimum atomic E-state index is -0.00527. The number of nitrogens with zero attached hydrogens (tertiary/aromatic N) is 3. The van der Waals surface area contributed by atoms with Gasteiger partial charge in [-0.1, -0.05) is 0 Å². The van der Waals surface area contributed by atoms with E-state index in [2.05, 4.69) is 5.10 Å². The van der Waals surface area contributed by atoms with E-state index in [0.717, 1.165) is 46.7 Å². The zero-order valence-electron chi connectivity index (χ0n) is 13.8. The first-order valence-electron chi connectivity index (χ1n) is 8.56. The molecule has 4 rings (SSSR count). The third-order valence-corrected chi connectivity index (χ3v) is 5.89. The van der Waals surface area contributed by atoms with Crippen LogP contribution in [-0.4, -0.2) is 33.7 Å². The second-order valence-corrected chi connectivity index (χ2v) is 8.12. The number of fused-ring (bicyclic) bond motifs is 1. The molecule has 24 heavy (non-hydrogen) atoms. The number of thiophene rings is 1. The van der Waals surface area contributed by atoms with E-state index in [1.807, 2.05) is 24.0 Å². The van der Waals surface area contributed by atoms with E-state index in [0.29, 0.717) is 25.6 Å². The first-order valence-corrected chi connectivity index (χ1v) is 9.37. The van der Waals surface area contributed by atoms with E-state index in [1.165, 1.54) is 11.3 Å². The first-order chi connectivity index (χ1) is 11.6. The summed E-state index contributed by atoms with van der Waals surface area (Å²) in [5, 5.41) is 4.57. The van der Waals surface area contributed by atoms with Crippen molar-refractivity contribution >= 4 is 17.2 Å². The Balaban J connectivity index is 1.40. The van der Waals surface area contributed by atoms with Gasteiger partial charge in [-0.3, -0.25) is 9.59 Å². The Hall–Kier alpha value is -1.95. The van der Waals surface area contributed by atoms with Crippen LogP contribution in [0.1, 0.15) is 38.6 Å². The fourth-order valence-corrected chi connectivity index (χ4v) is 4.37. The lowest BCUT2D eigenvalue weighted by atomic mass is 9.96. The van der Waals surface area contributed by atoms with Crippen molar-refractivity contribution in [3.05, 3.63) is 49.6 Å². The van der Waals surface area contributed by atoms with Crippen molar-refractivity contribution < 1.29 is 4.79 Å². The van der Waals surface area contributed by atoms with Gasteiger partial charge in [0.25, 0.3) is 11.5 Å². The van der Waals surface area contributed by atoms with Crippen LogP contribution in [0.2, 0.25) is 0 Å². The summed E-state index contributed by atoms with van der Waals surface area (Å²) < 4.78 is 1.60. The van der Waals surface area contributed by atoms with Gasteiger partial charge in [0.2, 0.25) is 0 Å². The van der Waals surface area contributed by atoms with E-state index in [4.69, 9.17) is 0 Å². The maximum atomic E-state index is 12.3. The van der Waals surface area contributed by atoms with Crippen LogP contribution in [0.5, 0.6) is 0 Å². The predicted octanol–water partition coefficient (Wildman–Crippen LogP) is 2.26. The van der Waals surface area contributed by atoms with Crippen molar-refractivity contribution in [2.75, 3.05) is 13.1 Å². The highest BCUT2D eigenvalue weighted by Gasteiger charge is 2.32. The van der Waals surface area contributed by atoms with Crippen molar-refractivity contribution in [2.45, 2.75) is 39.2 Å². The lowest BCUT2D eigenvalue weighted by molar-refractivity contribution is 0.0463. The smallest absolute Gasteiger partial charge is 0.267 e. The predicted molar refractivity (Wildman–Crippen MR) is 93.6 cm³/mol. The van der Waals surface area contributed by atoms with Crippen LogP contribution in [0.15, 0.2) is 23.0 Å². The molecule has 0 N–H and O–H groups in total. The highest BCUT2D eigenvalue weighted by Crippen LogP contribution is 2.24. The quantitative estimate of drug-likeness (QED) is 0.859. The molecule has 2 aromatic heterocycles. The minimum Gasteiger partial charge on any atom is -0.337 e. The summed E-state index contributed by atoms with van der Waals surface area (Å²) in [6.07, 6.45) is 4.26. The highest BCUT2D eigenvalue weighted by molar-refractivity contribution is 7.13. The second kappa shape index (κ2) is 6.16. The van der Waals surface area contributed by atoms with Crippen molar-refractivity contribution in [1.29, 1.82) is 0 Å². The van der Waals surface area contributed by atoms with Gasteiger partial charge in [0.1, 0.15) is 0 Å². The van der Waals surface area contributed by atoms with Crippen LogP contribution < -0.4 is 5.56 Å². The van der Waals surface area contributed by atoms with Gasteiger partial charge in [-0.25, -0.2) is 4.68 Å². The fraction of sp³-hybridized carbons (Fsp3) is 0.500. The van der Waals surface area contributed by atoms with E-state index in [9.17, 15) is 9.59 Å². The molecule has 2 aromatic rings. The number of hydrogen-bond acceptors (Lipinski definition) is 4. The van der Waals surface area contributed by atoms with Gasteiger partial charge in [0, 0.05) is 30.0 Å². The number of hydrogen-bond donors (Lipinski definition) is 0. The number of amides is 1. The molecule has 0 bridgehead atoms. The van der Waals surface area contributed by atoms with Crippen LogP contribution in [0.3, 0.4) is 0 Å². The van der Waals surface area contributed by atoms with Gasteiger partial charge in [0.15, 0.2) is 0 Å². The molecule has 0 saturated carbocycles. The molecule has 1 saturated heterocycles. The number of aryl methyl sites for hydroxylation is 3. The lowest BCUT2D eigenvalue weighted by Crippen LogP contribution is -2.52. The third kappa shape index (κ3) is 2.90. The lowest BCUT2D eigenvalue weighted by Gasteiger charge is -2.39. The fourth-order valence-electron chi connectivity index (χ4n) is 3.53. The molecule has 0 radical (unpaired) electrons. The second-order valence-electron chi connectivity index (χ2n) is 6.83. The molecule has 3 heterocycles. The molecule has 1 aliphatic heterocycles. The zero-order valence-corrected chi connectivity index (χ0v) is 14.6. The highest BCUT2D eigenvalue weighted by atomic mass is 32.1. The van der Waals surface area contributed by atoms with E-state index < -0.39 is 0 Å². The molecule has 1 fully saturated rings. The number of aromatic nitrogens is 2. The van der Waals surface area contributed by atoms with Gasteiger partial charge in [-0.2, -0.15) is 5.10 Å². The van der Waals surface area contributed by atoms with E-state index in [1.54, 1.807) is 10.7 Å². The summed E-state index contributed by atoms with van der Waals surface area (Å²) in [6, 6.07) is 5.63. The monoisotopic (exact) mass is 343 g/mol. The van der Waals surface area contributed by atoms with Crippen molar-refractivity contribution in [2.24, 2.45) is 5.92 Å².